The van der Waals surface area contributed by atoms with Crippen molar-refractivity contribution in [3.05, 3.63) is 44.9 Å². The lowest BCUT2D eigenvalue weighted by atomic mass is 10.2. The molecule has 2 heterocycles. The number of hydrogen-bond acceptors (Lipinski definition) is 4. The maximum atomic E-state index is 11.9. The molecule has 0 saturated carbocycles. The first kappa shape index (κ1) is 15.1. The van der Waals surface area contributed by atoms with Gasteiger partial charge in [-0.2, -0.15) is 0 Å². The third kappa shape index (κ3) is 3.51. The predicted molar refractivity (Wildman–Crippen MR) is 75.1 cm³/mol. The molecule has 104 valence electrons. The van der Waals surface area contributed by atoms with E-state index in [1.807, 2.05) is 27.0 Å². The second-order valence-corrected chi connectivity index (χ2v) is 4.03. The average Bonchev–Trinajstić information content (AvgIpc) is 2.42. The third-order valence-corrected chi connectivity index (χ3v) is 2.82. The maximum absolute atomic E-state index is 11.9. The Morgan fingerprint density at radius 1 is 1.37 bits per heavy atom. The quantitative estimate of drug-likeness (QED) is 0.605. The topological polar surface area (TPSA) is 68.4 Å². The molecule has 0 saturated heterocycles. The molecule has 0 aliphatic carbocycles. The lowest BCUT2D eigenvalue weighted by Gasteiger charge is -2.22. The number of nitro groups is 1. The van der Waals surface area contributed by atoms with E-state index in [1.54, 1.807) is 6.20 Å². The molecule has 19 heavy (non-hydrogen) atoms. The monoisotopic (exact) mass is 265 g/mol. The number of aromatic nitrogens is 1. The summed E-state index contributed by atoms with van der Waals surface area (Å²) in [6, 6.07) is 2.76. The molecule has 1 aromatic rings. The first-order valence-electron chi connectivity index (χ1n) is 6.33. The van der Waals surface area contributed by atoms with Gasteiger partial charge in [0, 0.05) is 37.5 Å². The summed E-state index contributed by atoms with van der Waals surface area (Å²) in [6.45, 7) is 5.60. The second kappa shape index (κ2) is 6.84. The standard InChI is InChI=1S/C11H13N3O3.C2H6/c1-12-7-4-9(5-8-12)13-6-2-3-10(11(13)15)14(16)17;1-2/h2-4,6H,5,7-8H2,1H3;1-2H3. The highest BCUT2D eigenvalue weighted by molar-refractivity contribution is 5.48. The van der Waals surface area contributed by atoms with Crippen molar-refractivity contribution < 1.29 is 4.92 Å². The van der Waals surface area contributed by atoms with Crippen LogP contribution < -0.4 is 5.56 Å². The SMILES string of the molecule is CC.CN1CC=C(n2cccc([N+](=O)[O-])c2=O)CC1. The fraction of sp³-hybridized carbons (Fsp3) is 0.462. The van der Waals surface area contributed by atoms with Gasteiger partial charge in [-0.15, -0.1) is 0 Å². The molecule has 0 atom stereocenters. The molecule has 0 N–H and O–H groups in total. The summed E-state index contributed by atoms with van der Waals surface area (Å²) in [7, 11) is 1.99. The van der Waals surface area contributed by atoms with Crippen LogP contribution in [0, 0.1) is 10.1 Å². The van der Waals surface area contributed by atoms with Crippen LogP contribution in [0.3, 0.4) is 0 Å². The van der Waals surface area contributed by atoms with Gasteiger partial charge < -0.3 is 4.90 Å². The van der Waals surface area contributed by atoms with Gasteiger partial charge in [-0.05, 0) is 13.1 Å². The molecule has 0 amide bonds. The van der Waals surface area contributed by atoms with Crippen LogP contribution >= 0.6 is 0 Å². The van der Waals surface area contributed by atoms with Crippen molar-refractivity contribution in [3.63, 3.8) is 0 Å². The van der Waals surface area contributed by atoms with Crippen LogP contribution in [-0.2, 0) is 0 Å². The summed E-state index contributed by atoms with van der Waals surface area (Å²) < 4.78 is 1.37. The fourth-order valence-electron chi connectivity index (χ4n) is 1.83. The summed E-state index contributed by atoms with van der Waals surface area (Å²) in [5.74, 6) is 0. The Kier molecular flexibility index (Phi) is 5.44. The predicted octanol–water partition coefficient (Wildman–Crippen LogP) is 1.96. The van der Waals surface area contributed by atoms with Crippen LogP contribution in [0.5, 0.6) is 0 Å². The van der Waals surface area contributed by atoms with Crippen LogP contribution in [0.1, 0.15) is 20.3 Å². The lowest BCUT2D eigenvalue weighted by molar-refractivity contribution is -0.386. The highest BCUT2D eigenvalue weighted by atomic mass is 16.6. The van der Waals surface area contributed by atoms with Gasteiger partial charge >= 0.3 is 11.2 Å². The highest BCUT2D eigenvalue weighted by Gasteiger charge is 2.17. The molecular formula is C13H19N3O3. The van der Waals surface area contributed by atoms with Gasteiger partial charge in [0.2, 0.25) is 0 Å². The summed E-state index contributed by atoms with van der Waals surface area (Å²) in [5.41, 5.74) is -0.113. The fourth-order valence-corrected chi connectivity index (χ4v) is 1.83. The second-order valence-electron chi connectivity index (χ2n) is 4.03. The number of nitrogens with zero attached hydrogens (tertiary/aromatic N) is 3. The van der Waals surface area contributed by atoms with E-state index >= 15 is 0 Å². The van der Waals surface area contributed by atoms with Crippen molar-refractivity contribution in [1.82, 2.24) is 9.47 Å². The van der Waals surface area contributed by atoms with Crippen molar-refractivity contribution in [2.45, 2.75) is 20.3 Å². The summed E-state index contributed by atoms with van der Waals surface area (Å²) >= 11 is 0. The highest BCUT2D eigenvalue weighted by Crippen LogP contribution is 2.14. The third-order valence-electron chi connectivity index (χ3n) is 2.82. The lowest BCUT2D eigenvalue weighted by Crippen LogP contribution is -2.29. The molecule has 6 heteroatoms. The summed E-state index contributed by atoms with van der Waals surface area (Å²) in [6.07, 6.45) is 4.22. The van der Waals surface area contributed by atoms with E-state index in [2.05, 4.69) is 4.90 Å². The number of likely N-dealkylation sites (N-methyl/N-ethyl adjacent to an activating group) is 1. The normalized spacial score (nSPS) is 15.2. The van der Waals surface area contributed by atoms with E-state index in [9.17, 15) is 14.9 Å². The van der Waals surface area contributed by atoms with E-state index in [4.69, 9.17) is 0 Å². The minimum Gasteiger partial charge on any atom is -0.302 e. The minimum atomic E-state index is -0.644. The molecule has 0 spiro atoms. The zero-order chi connectivity index (χ0) is 14.4. The zero-order valence-corrected chi connectivity index (χ0v) is 11.5. The average molecular weight is 265 g/mol. The maximum Gasteiger partial charge on any atom is 0.334 e. The Morgan fingerprint density at radius 3 is 2.58 bits per heavy atom. The minimum absolute atomic E-state index is 0.382. The van der Waals surface area contributed by atoms with Gasteiger partial charge in [0.05, 0.1) is 4.92 Å². The Hall–Kier alpha value is -1.95. The molecule has 2 rings (SSSR count). The number of rotatable bonds is 2. The Labute approximate surface area is 112 Å². The van der Waals surface area contributed by atoms with Crippen LogP contribution in [-0.4, -0.2) is 34.5 Å². The number of hydrogen-bond donors (Lipinski definition) is 0. The molecule has 0 fully saturated rings. The number of pyridine rings is 1. The van der Waals surface area contributed by atoms with Crippen molar-refractivity contribution >= 4 is 11.4 Å². The van der Waals surface area contributed by atoms with Gasteiger partial charge in [-0.25, -0.2) is 0 Å². The zero-order valence-electron chi connectivity index (χ0n) is 11.5. The molecule has 1 aliphatic heterocycles. The van der Waals surface area contributed by atoms with Gasteiger partial charge in [0.15, 0.2) is 0 Å². The Morgan fingerprint density at radius 2 is 2.05 bits per heavy atom. The molecule has 1 aromatic heterocycles. The van der Waals surface area contributed by atoms with E-state index in [0.29, 0.717) is 0 Å². The Bertz CT molecular complexity index is 534. The van der Waals surface area contributed by atoms with Crippen LogP contribution in [0.2, 0.25) is 0 Å². The Balaban J connectivity index is 0.000000861. The van der Waals surface area contributed by atoms with Crippen LogP contribution in [0.25, 0.3) is 5.70 Å². The van der Waals surface area contributed by atoms with Crippen molar-refractivity contribution in [3.8, 4) is 0 Å². The van der Waals surface area contributed by atoms with Gasteiger partial charge in [-0.3, -0.25) is 19.5 Å². The van der Waals surface area contributed by atoms with E-state index in [-0.39, 0.29) is 5.69 Å². The first-order chi connectivity index (χ1) is 9.09. The van der Waals surface area contributed by atoms with E-state index in [1.165, 1.54) is 16.7 Å². The molecule has 0 unspecified atom stereocenters. The van der Waals surface area contributed by atoms with Crippen molar-refractivity contribution in [1.29, 1.82) is 0 Å². The van der Waals surface area contributed by atoms with E-state index < -0.39 is 10.5 Å². The molecule has 0 aromatic carbocycles. The smallest absolute Gasteiger partial charge is 0.302 e. The van der Waals surface area contributed by atoms with Crippen molar-refractivity contribution in [2.75, 3.05) is 20.1 Å². The van der Waals surface area contributed by atoms with Gasteiger partial charge in [0.1, 0.15) is 0 Å². The molecule has 0 radical (unpaired) electrons. The largest absolute Gasteiger partial charge is 0.334 e. The van der Waals surface area contributed by atoms with E-state index in [0.717, 1.165) is 25.2 Å². The van der Waals surface area contributed by atoms with Crippen molar-refractivity contribution in [2.24, 2.45) is 0 Å². The molecule has 6 nitrogen and oxygen atoms in total. The first-order valence-corrected chi connectivity index (χ1v) is 6.33. The molecular weight excluding hydrogens is 246 g/mol. The van der Waals surface area contributed by atoms with Crippen LogP contribution in [0.15, 0.2) is 29.2 Å². The van der Waals surface area contributed by atoms with Crippen LogP contribution in [0.4, 0.5) is 5.69 Å². The summed E-state index contributed by atoms with van der Waals surface area (Å²) in [4.78, 5) is 24.0. The molecule has 0 bridgehead atoms. The van der Waals surface area contributed by atoms with Gasteiger partial charge in [0.25, 0.3) is 0 Å². The van der Waals surface area contributed by atoms with Gasteiger partial charge in [-0.1, -0.05) is 19.9 Å². The molecule has 1 aliphatic rings. The summed E-state index contributed by atoms with van der Waals surface area (Å²) in [5, 5.41) is 10.7.